The smallest absolute Gasteiger partial charge is 0.416 e. The summed E-state index contributed by atoms with van der Waals surface area (Å²) in [5.74, 6) is -0.0526. The zero-order chi connectivity index (χ0) is 36.0. The summed E-state index contributed by atoms with van der Waals surface area (Å²) in [6.45, 7) is 8.93. The predicted octanol–water partition coefficient (Wildman–Crippen LogP) is 5.94. The monoisotopic (exact) mass is 719 g/mol. The van der Waals surface area contributed by atoms with E-state index < -0.39 is 34.9 Å². The Morgan fingerprint density at radius 2 is 1.86 bits per heavy atom. The minimum atomic E-state index is -4.59. The molecule has 1 aromatic carbocycles. The number of allylic oxidation sites excluding steroid dienone is 1. The maximum absolute atomic E-state index is 14.2. The van der Waals surface area contributed by atoms with Crippen molar-refractivity contribution in [3.05, 3.63) is 56.7 Å². The molecule has 2 amide bonds. The molecular formula is C34H41ClF3N7O5. The van der Waals surface area contributed by atoms with Crippen molar-refractivity contribution in [3.8, 4) is 0 Å². The van der Waals surface area contributed by atoms with Gasteiger partial charge in [-0.25, -0.2) is 4.79 Å². The minimum absolute atomic E-state index is 0.0100. The molecular weight excluding hydrogens is 679 g/mol. The lowest BCUT2D eigenvalue weighted by Crippen LogP contribution is -2.51. The van der Waals surface area contributed by atoms with Crippen LogP contribution >= 0.6 is 11.6 Å². The lowest BCUT2D eigenvalue weighted by molar-refractivity contribution is -0.137. The average Bonchev–Trinajstić information content (AvgIpc) is 3.70. The van der Waals surface area contributed by atoms with Gasteiger partial charge in [-0.05, 0) is 83.1 Å². The zero-order valence-corrected chi connectivity index (χ0v) is 29.3. The number of aromatic nitrogens is 4. The van der Waals surface area contributed by atoms with Crippen molar-refractivity contribution in [2.45, 2.75) is 90.1 Å². The van der Waals surface area contributed by atoms with E-state index >= 15 is 0 Å². The van der Waals surface area contributed by atoms with E-state index in [0.717, 1.165) is 49.6 Å². The number of ether oxygens (including phenoxy) is 2. The van der Waals surface area contributed by atoms with Crippen LogP contribution in [0.15, 0.2) is 29.1 Å². The van der Waals surface area contributed by atoms with Crippen LogP contribution in [0.4, 0.5) is 29.3 Å². The van der Waals surface area contributed by atoms with Crippen molar-refractivity contribution in [2.75, 3.05) is 43.0 Å². The molecule has 2 fully saturated rings. The summed E-state index contributed by atoms with van der Waals surface area (Å²) in [5, 5.41) is 7.00. The second-order valence-corrected chi connectivity index (χ2v) is 14.4. The Balaban J connectivity index is 1.35. The first-order valence-corrected chi connectivity index (χ1v) is 17.2. The molecule has 6 rings (SSSR count). The van der Waals surface area contributed by atoms with Crippen LogP contribution in [0.1, 0.15) is 76.9 Å². The van der Waals surface area contributed by atoms with Gasteiger partial charge in [0.05, 0.1) is 27.6 Å². The fourth-order valence-corrected chi connectivity index (χ4v) is 7.05. The molecule has 0 bridgehead atoms. The third kappa shape index (κ3) is 7.34. The summed E-state index contributed by atoms with van der Waals surface area (Å²) < 4.78 is 54.1. The molecule has 1 unspecified atom stereocenters. The van der Waals surface area contributed by atoms with Gasteiger partial charge >= 0.3 is 12.3 Å². The van der Waals surface area contributed by atoms with Gasteiger partial charge in [0.1, 0.15) is 17.8 Å². The molecule has 1 atom stereocenters. The second-order valence-electron chi connectivity index (χ2n) is 14.0. The molecule has 16 heteroatoms. The van der Waals surface area contributed by atoms with E-state index in [0.29, 0.717) is 62.6 Å². The van der Waals surface area contributed by atoms with Crippen LogP contribution in [0.5, 0.6) is 0 Å². The number of hydrogen-bond donors (Lipinski definition) is 1. The molecule has 3 aromatic rings. The molecule has 0 radical (unpaired) electrons. The lowest BCUT2D eigenvalue weighted by atomic mass is 9.83. The van der Waals surface area contributed by atoms with Crippen molar-refractivity contribution in [2.24, 2.45) is 0 Å². The molecule has 3 aliphatic rings. The number of alkyl halides is 3. The van der Waals surface area contributed by atoms with Gasteiger partial charge in [-0.2, -0.15) is 22.7 Å². The maximum Gasteiger partial charge on any atom is 0.416 e. The van der Waals surface area contributed by atoms with Crippen molar-refractivity contribution < 1.29 is 32.2 Å². The number of fused-ring (bicyclic) bond motifs is 1. The van der Waals surface area contributed by atoms with Crippen LogP contribution in [0.3, 0.4) is 0 Å². The van der Waals surface area contributed by atoms with Crippen molar-refractivity contribution in [1.29, 1.82) is 0 Å². The van der Waals surface area contributed by atoms with E-state index in [2.05, 4.69) is 16.5 Å². The first-order chi connectivity index (χ1) is 23.6. The number of piperazine rings is 1. The van der Waals surface area contributed by atoms with Gasteiger partial charge in [0.2, 0.25) is 11.7 Å². The molecule has 1 aliphatic carbocycles. The number of hydrogen-bond acceptors (Lipinski definition) is 8. The second kappa shape index (κ2) is 13.5. The van der Waals surface area contributed by atoms with Gasteiger partial charge in [0, 0.05) is 32.8 Å². The normalized spacial score (nSPS) is 20.0. The molecule has 2 aliphatic heterocycles. The molecule has 1 N–H and O–H groups in total. The summed E-state index contributed by atoms with van der Waals surface area (Å²) in [6, 6.07) is 2.70. The number of nitrogens with zero attached hydrogens (tertiary/aromatic N) is 6. The SMILES string of the molecule is CCc1c(N2CCN(C(=O)OC(C)(C)C)CC2)c(=O)n2nc(C3=CCC4(CCCO4)CC3)nc2n1CC(=O)Nc1ccc(C(F)(F)F)cc1Cl. The number of amides is 2. The Kier molecular flexibility index (Phi) is 9.68. The van der Waals surface area contributed by atoms with Crippen LogP contribution < -0.4 is 15.8 Å². The maximum atomic E-state index is 14.2. The molecule has 270 valence electrons. The predicted molar refractivity (Wildman–Crippen MR) is 181 cm³/mol. The Bertz CT molecular complexity index is 1880. The molecule has 4 heterocycles. The third-order valence-corrected chi connectivity index (χ3v) is 9.64. The average molecular weight is 720 g/mol. The summed E-state index contributed by atoms with van der Waals surface area (Å²) in [5.41, 5.74) is -0.428. The van der Waals surface area contributed by atoms with Crippen LogP contribution in [0.25, 0.3) is 11.4 Å². The molecule has 50 heavy (non-hydrogen) atoms. The Labute approximate surface area is 292 Å². The standard InChI is InChI=1S/C34H41ClF3N7O5/c1-5-25-27(42-14-16-43(17-15-42)31(48)50-32(2,3)4)29(47)45-30(40-28(41-45)21-9-12-33(13-10-21)11-6-18-49-33)44(25)20-26(46)39-24-8-7-22(19-23(24)35)34(36,37)38/h7-9,19H,5-6,10-18,20H2,1-4H3,(H,39,46). The fraction of sp³-hybridized carbons (Fsp3) is 0.559. The van der Waals surface area contributed by atoms with Gasteiger partial charge in [-0.15, -0.1) is 5.10 Å². The first-order valence-electron chi connectivity index (χ1n) is 16.8. The van der Waals surface area contributed by atoms with E-state index in [9.17, 15) is 27.6 Å². The van der Waals surface area contributed by atoms with Gasteiger partial charge in [-0.3, -0.25) is 9.59 Å². The van der Waals surface area contributed by atoms with Gasteiger partial charge in [-0.1, -0.05) is 24.6 Å². The highest BCUT2D eigenvalue weighted by molar-refractivity contribution is 6.33. The Hall–Kier alpha value is -4.11. The number of nitrogens with one attached hydrogen (secondary N) is 1. The van der Waals surface area contributed by atoms with E-state index in [1.807, 2.05) is 11.8 Å². The Morgan fingerprint density at radius 1 is 1.12 bits per heavy atom. The quantitative estimate of drug-likeness (QED) is 0.332. The zero-order valence-electron chi connectivity index (χ0n) is 28.5. The van der Waals surface area contributed by atoms with Crippen molar-refractivity contribution in [1.82, 2.24) is 24.1 Å². The largest absolute Gasteiger partial charge is 0.444 e. The summed E-state index contributed by atoms with van der Waals surface area (Å²) in [4.78, 5) is 48.8. The number of halogens is 4. The fourth-order valence-electron chi connectivity index (χ4n) is 6.82. The van der Waals surface area contributed by atoms with Crippen LogP contribution in [-0.2, 0) is 33.4 Å². The van der Waals surface area contributed by atoms with Crippen molar-refractivity contribution >= 4 is 46.3 Å². The van der Waals surface area contributed by atoms with Gasteiger partial charge < -0.3 is 29.2 Å². The lowest BCUT2D eigenvalue weighted by Gasteiger charge is -2.37. The number of anilines is 2. The highest BCUT2D eigenvalue weighted by Gasteiger charge is 2.37. The first kappa shape index (κ1) is 35.7. The number of benzene rings is 1. The Morgan fingerprint density at radius 3 is 2.44 bits per heavy atom. The summed E-state index contributed by atoms with van der Waals surface area (Å²) in [7, 11) is 0. The van der Waals surface area contributed by atoms with E-state index in [-0.39, 0.29) is 28.6 Å². The molecule has 12 nitrogen and oxygen atoms in total. The topological polar surface area (TPSA) is 123 Å². The van der Waals surface area contributed by atoms with Crippen LogP contribution in [0, 0.1) is 0 Å². The van der Waals surface area contributed by atoms with Crippen LogP contribution in [0.2, 0.25) is 5.02 Å². The highest BCUT2D eigenvalue weighted by atomic mass is 35.5. The number of carbonyl (C=O) groups excluding carboxylic acids is 2. The number of carbonyl (C=O) groups is 2. The van der Waals surface area contributed by atoms with E-state index in [1.54, 1.807) is 30.2 Å². The van der Waals surface area contributed by atoms with Crippen molar-refractivity contribution in [3.63, 3.8) is 0 Å². The van der Waals surface area contributed by atoms with E-state index in [1.165, 1.54) is 4.52 Å². The molecule has 0 saturated carbocycles. The minimum Gasteiger partial charge on any atom is -0.444 e. The third-order valence-electron chi connectivity index (χ3n) is 9.32. The number of rotatable bonds is 6. The molecule has 2 saturated heterocycles. The summed E-state index contributed by atoms with van der Waals surface area (Å²) >= 11 is 6.14. The van der Waals surface area contributed by atoms with Gasteiger partial charge in [0.25, 0.3) is 5.56 Å². The van der Waals surface area contributed by atoms with Crippen LogP contribution in [-0.4, -0.2) is 80.1 Å². The summed E-state index contributed by atoms with van der Waals surface area (Å²) in [6.07, 6.45) is 1.56. The van der Waals surface area contributed by atoms with E-state index in [4.69, 9.17) is 26.1 Å². The molecule has 2 aromatic heterocycles. The molecule has 1 spiro atoms. The van der Waals surface area contributed by atoms with Gasteiger partial charge in [0.15, 0.2) is 5.82 Å². The highest BCUT2D eigenvalue weighted by Crippen LogP contribution is 2.41.